The van der Waals surface area contributed by atoms with E-state index in [-0.39, 0.29) is 0 Å². The molecule has 2 N–H and O–H groups in total. The van der Waals surface area contributed by atoms with E-state index in [0.717, 1.165) is 19.3 Å². The van der Waals surface area contributed by atoms with Crippen LogP contribution in [0.1, 0.15) is 71.1 Å². The molecule has 1 atom stereocenters. The highest BCUT2D eigenvalue weighted by Crippen LogP contribution is 2.27. The summed E-state index contributed by atoms with van der Waals surface area (Å²) >= 11 is 0. The Morgan fingerprint density at radius 2 is 1.68 bits per heavy atom. The van der Waals surface area contributed by atoms with Crippen molar-refractivity contribution in [3.05, 3.63) is 0 Å². The standard InChI is InChI=1S/C15H29NO3/c1-2-3-4-5-6-7-8-9-12-16-13-10-11-15(16,19)14(17)18/h19H,2-13H2,1H3,(H,17,18). The monoisotopic (exact) mass is 271 g/mol. The molecule has 1 fully saturated rings. The second kappa shape index (κ2) is 8.54. The first kappa shape index (κ1) is 16.4. The number of aliphatic hydroxyl groups is 1. The van der Waals surface area contributed by atoms with Crippen LogP contribution in [0.5, 0.6) is 0 Å². The van der Waals surface area contributed by atoms with Crippen LogP contribution in [-0.4, -0.2) is 39.9 Å². The molecule has 0 amide bonds. The number of carboxylic acid groups (broad SMARTS) is 1. The van der Waals surface area contributed by atoms with Crippen LogP contribution < -0.4 is 0 Å². The predicted molar refractivity (Wildman–Crippen MR) is 76.0 cm³/mol. The van der Waals surface area contributed by atoms with E-state index in [1.807, 2.05) is 0 Å². The van der Waals surface area contributed by atoms with Crippen LogP contribution in [0.3, 0.4) is 0 Å². The summed E-state index contributed by atoms with van der Waals surface area (Å²) in [5.41, 5.74) is -1.60. The summed E-state index contributed by atoms with van der Waals surface area (Å²) in [7, 11) is 0. The van der Waals surface area contributed by atoms with Gasteiger partial charge in [0.25, 0.3) is 0 Å². The molecule has 0 aliphatic carbocycles. The minimum Gasteiger partial charge on any atom is -0.478 e. The van der Waals surface area contributed by atoms with Crippen molar-refractivity contribution in [1.82, 2.24) is 4.90 Å². The van der Waals surface area contributed by atoms with Gasteiger partial charge in [-0.1, -0.05) is 51.9 Å². The smallest absolute Gasteiger partial charge is 0.351 e. The highest BCUT2D eigenvalue weighted by Gasteiger charge is 2.45. The highest BCUT2D eigenvalue weighted by molar-refractivity contribution is 5.76. The van der Waals surface area contributed by atoms with Gasteiger partial charge in [0.1, 0.15) is 0 Å². The highest BCUT2D eigenvalue weighted by atomic mass is 16.4. The Bertz CT molecular complexity index is 270. The van der Waals surface area contributed by atoms with Crippen molar-refractivity contribution in [2.24, 2.45) is 0 Å². The van der Waals surface area contributed by atoms with Crippen molar-refractivity contribution in [3.8, 4) is 0 Å². The van der Waals surface area contributed by atoms with Gasteiger partial charge in [-0.05, 0) is 12.8 Å². The van der Waals surface area contributed by atoms with Gasteiger partial charge in [-0.15, -0.1) is 0 Å². The number of unbranched alkanes of at least 4 members (excludes halogenated alkanes) is 7. The van der Waals surface area contributed by atoms with Gasteiger partial charge in [-0.3, -0.25) is 4.90 Å². The number of likely N-dealkylation sites (tertiary alicyclic amines) is 1. The lowest BCUT2D eigenvalue weighted by molar-refractivity contribution is -0.176. The third-order valence-electron chi connectivity index (χ3n) is 4.10. The van der Waals surface area contributed by atoms with Gasteiger partial charge in [-0.25, -0.2) is 4.79 Å². The van der Waals surface area contributed by atoms with E-state index in [1.54, 1.807) is 4.90 Å². The molecule has 4 heteroatoms. The van der Waals surface area contributed by atoms with Crippen LogP contribution in [0.15, 0.2) is 0 Å². The minimum atomic E-state index is -1.60. The Hall–Kier alpha value is -0.610. The number of hydrogen-bond acceptors (Lipinski definition) is 3. The van der Waals surface area contributed by atoms with E-state index in [1.165, 1.54) is 38.5 Å². The molecule has 0 spiro atoms. The number of rotatable bonds is 10. The Morgan fingerprint density at radius 3 is 2.26 bits per heavy atom. The summed E-state index contributed by atoms with van der Waals surface area (Å²) < 4.78 is 0. The minimum absolute atomic E-state index is 0.360. The quantitative estimate of drug-likeness (QED) is 0.600. The predicted octanol–water partition coefficient (Wildman–Crippen LogP) is 3.00. The lowest BCUT2D eigenvalue weighted by Crippen LogP contribution is -2.50. The number of nitrogens with zero attached hydrogens (tertiary/aromatic N) is 1. The molecule has 0 bridgehead atoms. The van der Waals surface area contributed by atoms with Crippen molar-refractivity contribution in [2.75, 3.05) is 13.1 Å². The molecule has 4 nitrogen and oxygen atoms in total. The summed E-state index contributed by atoms with van der Waals surface area (Å²) in [5, 5.41) is 19.1. The van der Waals surface area contributed by atoms with E-state index in [9.17, 15) is 9.90 Å². The number of carbonyl (C=O) groups is 1. The first-order chi connectivity index (χ1) is 9.11. The molecule has 0 aromatic carbocycles. The summed E-state index contributed by atoms with van der Waals surface area (Å²) in [5.74, 6) is -1.09. The Balaban J connectivity index is 2.07. The third kappa shape index (κ3) is 5.11. The van der Waals surface area contributed by atoms with Crippen molar-refractivity contribution < 1.29 is 15.0 Å². The van der Waals surface area contributed by atoms with Crippen LogP contribution in [-0.2, 0) is 4.79 Å². The van der Waals surface area contributed by atoms with E-state index >= 15 is 0 Å². The van der Waals surface area contributed by atoms with Crippen molar-refractivity contribution >= 4 is 5.97 Å². The fraction of sp³-hybridized carbons (Fsp3) is 0.933. The molecule has 1 aliphatic heterocycles. The molecule has 0 radical (unpaired) electrons. The Morgan fingerprint density at radius 1 is 1.11 bits per heavy atom. The average molecular weight is 271 g/mol. The van der Waals surface area contributed by atoms with Crippen LogP contribution in [0.4, 0.5) is 0 Å². The largest absolute Gasteiger partial charge is 0.478 e. The zero-order chi connectivity index (χ0) is 14.1. The second-order valence-electron chi connectivity index (χ2n) is 5.69. The second-order valence-corrected chi connectivity index (χ2v) is 5.69. The van der Waals surface area contributed by atoms with E-state index in [0.29, 0.717) is 19.5 Å². The molecule has 1 heterocycles. The van der Waals surface area contributed by atoms with Crippen LogP contribution in [0.25, 0.3) is 0 Å². The molecular formula is C15H29NO3. The molecule has 0 aromatic rings. The molecule has 1 saturated heterocycles. The molecular weight excluding hydrogens is 242 g/mol. The van der Waals surface area contributed by atoms with Crippen LogP contribution in [0.2, 0.25) is 0 Å². The fourth-order valence-corrected chi connectivity index (χ4v) is 2.83. The van der Waals surface area contributed by atoms with Gasteiger partial charge >= 0.3 is 5.97 Å². The van der Waals surface area contributed by atoms with Gasteiger partial charge < -0.3 is 10.2 Å². The lowest BCUT2D eigenvalue weighted by Gasteiger charge is -2.29. The Kier molecular flexibility index (Phi) is 7.39. The van der Waals surface area contributed by atoms with Gasteiger partial charge in [-0.2, -0.15) is 0 Å². The molecule has 19 heavy (non-hydrogen) atoms. The zero-order valence-corrected chi connectivity index (χ0v) is 12.2. The maximum absolute atomic E-state index is 11.1. The van der Waals surface area contributed by atoms with Gasteiger partial charge in [0.05, 0.1) is 0 Å². The number of aliphatic carboxylic acids is 1. The molecule has 1 aliphatic rings. The van der Waals surface area contributed by atoms with E-state index < -0.39 is 11.7 Å². The van der Waals surface area contributed by atoms with Gasteiger partial charge in [0, 0.05) is 19.5 Å². The normalized spacial score (nSPS) is 23.9. The van der Waals surface area contributed by atoms with Gasteiger partial charge in [0.2, 0.25) is 5.72 Å². The number of carboxylic acids is 1. The first-order valence-corrected chi connectivity index (χ1v) is 7.82. The molecule has 1 rings (SSSR count). The van der Waals surface area contributed by atoms with Crippen molar-refractivity contribution in [2.45, 2.75) is 76.9 Å². The fourth-order valence-electron chi connectivity index (χ4n) is 2.83. The van der Waals surface area contributed by atoms with Crippen molar-refractivity contribution in [1.29, 1.82) is 0 Å². The summed E-state index contributed by atoms with van der Waals surface area (Å²) in [4.78, 5) is 12.8. The number of hydrogen-bond donors (Lipinski definition) is 2. The maximum Gasteiger partial charge on any atom is 0.351 e. The van der Waals surface area contributed by atoms with E-state index in [4.69, 9.17) is 5.11 Å². The molecule has 0 saturated carbocycles. The van der Waals surface area contributed by atoms with Crippen molar-refractivity contribution in [3.63, 3.8) is 0 Å². The molecule has 0 aromatic heterocycles. The average Bonchev–Trinajstić information content (AvgIpc) is 2.76. The SMILES string of the molecule is CCCCCCCCCCN1CCCC1(O)C(=O)O. The summed E-state index contributed by atoms with van der Waals surface area (Å²) in [6.45, 7) is 3.64. The topological polar surface area (TPSA) is 60.8 Å². The summed E-state index contributed by atoms with van der Waals surface area (Å²) in [6, 6.07) is 0. The van der Waals surface area contributed by atoms with Crippen LogP contribution >= 0.6 is 0 Å². The third-order valence-corrected chi connectivity index (χ3v) is 4.10. The van der Waals surface area contributed by atoms with Crippen LogP contribution in [0, 0.1) is 0 Å². The molecule has 112 valence electrons. The maximum atomic E-state index is 11.1. The lowest BCUT2D eigenvalue weighted by atomic mass is 10.1. The van der Waals surface area contributed by atoms with E-state index in [2.05, 4.69) is 6.92 Å². The zero-order valence-electron chi connectivity index (χ0n) is 12.2. The first-order valence-electron chi connectivity index (χ1n) is 7.82. The summed E-state index contributed by atoms with van der Waals surface area (Å²) in [6.07, 6.45) is 11.0. The van der Waals surface area contributed by atoms with Gasteiger partial charge in [0.15, 0.2) is 0 Å². The Labute approximate surface area is 116 Å². The molecule has 1 unspecified atom stereocenters.